The second-order valence-corrected chi connectivity index (χ2v) is 6.27. The van der Waals surface area contributed by atoms with E-state index < -0.39 is 10.0 Å². The van der Waals surface area contributed by atoms with Crippen LogP contribution in [-0.4, -0.2) is 52.1 Å². The molecule has 2 N–H and O–H groups in total. The van der Waals surface area contributed by atoms with Crippen molar-refractivity contribution in [3.8, 4) is 0 Å². The number of sulfonamides is 1. The van der Waals surface area contributed by atoms with Crippen molar-refractivity contribution in [2.45, 2.75) is 31.7 Å². The first-order valence-electron chi connectivity index (χ1n) is 6.61. The molecule has 1 heterocycles. The van der Waals surface area contributed by atoms with E-state index in [1.807, 2.05) is 7.05 Å². The Morgan fingerprint density at radius 2 is 2.00 bits per heavy atom. The number of methoxy groups -OCH3 is 1. The minimum absolute atomic E-state index is 0.253. The molecule has 0 atom stereocenters. The topological polar surface area (TPSA) is 85.2 Å². The Morgan fingerprint density at radius 1 is 1.30 bits per heavy atom. The fourth-order valence-corrected chi connectivity index (χ4v) is 3.46. The van der Waals surface area contributed by atoms with Crippen LogP contribution in [0.2, 0.25) is 0 Å². The summed E-state index contributed by atoms with van der Waals surface area (Å²) in [5.41, 5.74) is 1.19. The van der Waals surface area contributed by atoms with Gasteiger partial charge in [-0.1, -0.05) is 0 Å². The Bertz CT molecular complexity index is 525. The number of hydrogen-bond acceptors (Lipinski definition) is 5. The Hall–Kier alpha value is -0.960. The molecule has 0 radical (unpaired) electrons. The van der Waals surface area contributed by atoms with Crippen LogP contribution in [0.1, 0.15) is 17.8 Å². The molecule has 1 aromatic heterocycles. The van der Waals surface area contributed by atoms with Crippen LogP contribution in [0.25, 0.3) is 0 Å². The molecule has 0 spiro atoms. The molecule has 0 aromatic carbocycles. The van der Waals surface area contributed by atoms with Gasteiger partial charge < -0.3 is 10.1 Å². The predicted octanol–water partition coefficient (Wildman–Crippen LogP) is 0.0341. The standard InChI is InChI=1S/C12H24N4O3S/c1-10-12(20(17,18)14-7-9-19-4)11(2)16(15-10)8-5-6-13-3/h13-14H,5-9H2,1-4H3. The quantitative estimate of drug-likeness (QED) is 0.629. The number of ether oxygens (including phenoxy) is 1. The van der Waals surface area contributed by atoms with E-state index in [1.165, 1.54) is 7.11 Å². The number of rotatable bonds is 9. The summed E-state index contributed by atoms with van der Waals surface area (Å²) in [6.07, 6.45) is 0.898. The number of nitrogens with one attached hydrogen (secondary N) is 2. The van der Waals surface area contributed by atoms with Crippen LogP contribution in [0, 0.1) is 13.8 Å². The first-order chi connectivity index (χ1) is 9.44. The van der Waals surface area contributed by atoms with Crippen molar-refractivity contribution in [1.29, 1.82) is 0 Å². The highest BCUT2D eigenvalue weighted by Crippen LogP contribution is 2.19. The minimum Gasteiger partial charge on any atom is -0.383 e. The third-order valence-electron chi connectivity index (χ3n) is 2.98. The molecule has 116 valence electrons. The van der Waals surface area contributed by atoms with Crippen molar-refractivity contribution in [3.05, 3.63) is 11.4 Å². The van der Waals surface area contributed by atoms with Crippen LogP contribution in [0.4, 0.5) is 0 Å². The summed E-state index contributed by atoms with van der Waals surface area (Å²) >= 11 is 0. The van der Waals surface area contributed by atoms with Crippen LogP contribution in [-0.2, 0) is 21.3 Å². The van der Waals surface area contributed by atoms with Gasteiger partial charge in [0.2, 0.25) is 10.0 Å². The zero-order valence-electron chi connectivity index (χ0n) is 12.6. The molecule has 1 aromatic rings. The lowest BCUT2D eigenvalue weighted by Gasteiger charge is -2.07. The molecule has 0 unspecified atom stereocenters. The Morgan fingerprint density at radius 3 is 2.60 bits per heavy atom. The van der Waals surface area contributed by atoms with Gasteiger partial charge >= 0.3 is 0 Å². The average Bonchev–Trinajstić information content (AvgIpc) is 2.65. The van der Waals surface area contributed by atoms with E-state index in [4.69, 9.17) is 4.74 Å². The number of hydrogen-bond donors (Lipinski definition) is 2. The number of aromatic nitrogens is 2. The van der Waals surface area contributed by atoms with Crippen molar-refractivity contribution in [2.24, 2.45) is 0 Å². The van der Waals surface area contributed by atoms with E-state index in [1.54, 1.807) is 18.5 Å². The van der Waals surface area contributed by atoms with E-state index in [0.717, 1.165) is 13.0 Å². The fourth-order valence-electron chi connectivity index (χ4n) is 2.04. The molecule has 8 heteroatoms. The third-order valence-corrected chi connectivity index (χ3v) is 4.69. The van der Waals surface area contributed by atoms with Gasteiger partial charge in [-0.15, -0.1) is 0 Å². The summed E-state index contributed by atoms with van der Waals surface area (Å²) in [7, 11) is -0.115. The van der Waals surface area contributed by atoms with E-state index in [0.29, 0.717) is 24.5 Å². The molecule has 0 aliphatic heterocycles. The average molecular weight is 304 g/mol. The lowest BCUT2D eigenvalue weighted by Crippen LogP contribution is -2.28. The summed E-state index contributed by atoms with van der Waals surface area (Å²) in [6.45, 7) is 5.65. The molecular formula is C12H24N4O3S. The molecule has 0 bridgehead atoms. The van der Waals surface area contributed by atoms with Gasteiger partial charge in [0.05, 0.1) is 18.0 Å². The molecule has 0 saturated carbocycles. The molecular weight excluding hydrogens is 280 g/mol. The zero-order valence-corrected chi connectivity index (χ0v) is 13.4. The van der Waals surface area contributed by atoms with Crippen LogP contribution in [0.3, 0.4) is 0 Å². The van der Waals surface area contributed by atoms with Gasteiger partial charge in [-0.05, 0) is 33.9 Å². The highest BCUT2D eigenvalue weighted by molar-refractivity contribution is 7.89. The molecule has 0 aliphatic carbocycles. The van der Waals surface area contributed by atoms with Crippen LogP contribution >= 0.6 is 0 Å². The highest BCUT2D eigenvalue weighted by Gasteiger charge is 2.23. The summed E-state index contributed by atoms with van der Waals surface area (Å²) in [5, 5.41) is 7.37. The maximum Gasteiger partial charge on any atom is 0.244 e. The zero-order chi connectivity index (χ0) is 15.2. The van der Waals surface area contributed by atoms with Crippen molar-refractivity contribution in [3.63, 3.8) is 0 Å². The summed E-state index contributed by atoms with van der Waals surface area (Å²) in [6, 6.07) is 0. The summed E-state index contributed by atoms with van der Waals surface area (Å²) < 4.78 is 33.6. The third kappa shape index (κ3) is 4.27. The second kappa shape index (κ2) is 7.72. The van der Waals surface area contributed by atoms with Crippen LogP contribution < -0.4 is 10.0 Å². The molecule has 0 saturated heterocycles. The lowest BCUT2D eigenvalue weighted by molar-refractivity contribution is 0.204. The highest BCUT2D eigenvalue weighted by atomic mass is 32.2. The number of aryl methyl sites for hydroxylation is 2. The minimum atomic E-state index is -3.53. The van der Waals surface area contributed by atoms with E-state index in [9.17, 15) is 8.42 Å². The van der Waals surface area contributed by atoms with Gasteiger partial charge in [0.1, 0.15) is 4.90 Å². The van der Waals surface area contributed by atoms with Crippen molar-refractivity contribution in [2.75, 3.05) is 33.9 Å². The Balaban J connectivity index is 2.89. The summed E-state index contributed by atoms with van der Waals surface area (Å²) in [4.78, 5) is 0.276. The van der Waals surface area contributed by atoms with Gasteiger partial charge in [-0.3, -0.25) is 4.68 Å². The molecule has 0 amide bonds. The lowest BCUT2D eigenvalue weighted by atomic mass is 10.4. The monoisotopic (exact) mass is 304 g/mol. The second-order valence-electron chi connectivity index (χ2n) is 4.57. The first-order valence-corrected chi connectivity index (χ1v) is 8.09. The molecule has 0 fully saturated rings. The van der Waals surface area contributed by atoms with Gasteiger partial charge in [-0.2, -0.15) is 5.10 Å². The van der Waals surface area contributed by atoms with Crippen LogP contribution in [0.5, 0.6) is 0 Å². The van der Waals surface area contributed by atoms with E-state index in [-0.39, 0.29) is 11.4 Å². The maximum absolute atomic E-state index is 12.3. The van der Waals surface area contributed by atoms with Gasteiger partial charge in [0.25, 0.3) is 0 Å². The Labute approximate surface area is 120 Å². The van der Waals surface area contributed by atoms with E-state index in [2.05, 4.69) is 15.1 Å². The van der Waals surface area contributed by atoms with Crippen molar-refractivity contribution < 1.29 is 13.2 Å². The molecule has 1 rings (SSSR count). The smallest absolute Gasteiger partial charge is 0.244 e. The normalized spacial score (nSPS) is 12.0. The number of nitrogens with zero attached hydrogens (tertiary/aromatic N) is 2. The SMILES string of the molecule is CNCCCn1nc(C)c(S(=O)(=O)NCCOC)c1C. The van der Waals surface area contributed by atoms with Crippen molar-refractivity contribution >= 4 is 10.0 Å². The largest absolute Gasteiger partial charge is 0.383 e. The Kier molecular flexibility index (Phi) is 6.60. The van der Waals surface area contributed by atoms with Gasteiger partial charge in [0, 0.05) is 20.2 Å². The predicted molar refractivity (Wildman–Crippen MR) is 77.3 cm³/mol. The fraction of sp³-hybridized carbons (Fsp3) is 0.750. The molecule has 7 nitrogen and oxygen atoms in total. The molecule has 0 aliphatic rings. The van der Waals surface area contributed by atoms with Gasteiger partial charge in [-0.25, -0.2) is 13.1 Å². The van der Waals surface area contributed by atoms with Gasteiger partial charge in [0.15, 0.2) is 0 Å². The van der Waals surface area contributed by atoms with Crippen molar-refractivity contribution in [1.82, 2.24) is 19.8 Å². The maximum atomic E-state index is 12.3. The van der Waals surface area contributed by atoms with E-state index >= 15 is 0 Å². The first kappa shape index (κ1) is 17.1. The molecule has 20 heavy (non-hydrogen) atoms. The summed E-state index contributed by atoms with van der Waals surface area (Å²) in [5.74, 6) is 0. The van der Waals surface area contributed by atoms with Crippen LogP contribution in [0.15, 0.2) is 4.90 Å².